The zero-order valence-electron chi connectivity index (χ0n) is 7.79. The molecule has 0 spiro atoms. The second kappa shape index (κ2) is 6.07. The van der Waals surface area contributed by atoms with Gasteiger partial charge in [0.1, 0.15) is 10.5 Å². The molecular formula is C4H16O4Si4. The summed E-state index contributed by atoms with van der Waals surface area (Å²) in [5, 5.41) is 0. The topological polar surface area (TPSA) is 55.8 Å². The average molecular weight is 241 g/mol. The Balaban J connectivity index is 3.63. The third-order valence-electron chi connectivity index (χ3n) is 1.43. The Kier molecular flexibility index (Phi) is 6.35. The van der Waals surface area contributed by atoms with Gasteiger partial charge >= 0.3 is 8.56 Å². The Morgan fingerprint density at radius 1 is 1.75 bits per heavy atom. The molecule has 1 unspecified atom stereocenters. The van der Waals surface area contributed by atoms with Crippen LogP contribution in [0.2, 0.25) is 25.2 Å². The van der Waals surface area contributed by atoms with Gasteiger partial charge in [-0.05, 0) is 25.2 Å². The molecule has 4 nitrogen and oxygen atoms in total. The monoisotopic (exact) mass is 240 g/mol. The van der Waals surface area contributed by atoms with E-state index in [1.165, 1.54) is 0 Å². The van der Waals surface area contributed by atoms with Crippen LogP contribution in [0, 0.1) is 0 Å². The summed E-state index contributed by atoms with van der Waals surface area (Å²) in [6.07, 6.45) is 0. The summed E-state index contributed by atoms with van der Waals surface area (Å²) in [6, 6.07) is 1.17. The van der Waals surface area contributed by atoms with Crippen molar-refractivity contribution in [1.82, 2.24) is 0 Å². The van der Waals surface area contributed by atoms with Crippen molar-refractivity contribution in [2.45, 2.75) is 25.2 Å². The highest BCUT2D eigenvalue weighted by Gasteiger charge is 2.26. The van der Waals surface area contributed by atoms with Crippen molar-refractivity contribution in [2.24, 2.45) is 0 Å². The van der Waals surface area contributed by atoms with E-state index in [4.69, 9.17) is 8.23 Å². The summed E-state index contributed by atoms with van der Waals surface area (Å²) < 4.78 is 21.0. The smallest absolute Gasteiger partial charge is 0.323 e. The summed E-state index contributed by atoms with van der Waals surface area (Å²) in [5.74, 6) is 0. The average Bonchev–Trinajstić information content (AvgIpc) is 1.98. The second-order valence-electron chi connectivity index (χ2n) is 2.93. The molecule has 0 fully saturated rings. The molecule has 0 aromatic rings. The second-order valence-corrected chi connectivity index (χ2v) is 11.4. The largest absolute Gasteiger partial charge is 0.449 e. The number of rotatable bonds is 6. The molecule has 0 rings (SSSR count). The molecule has 72 valence electrons. The lowest BCUT2D eigenvalue weighted by Gasteiger charge is -2.19. The number of hydrogen-bond donors (Lipinski definition) is 1. The van der Waals surface area contributed by atoms with E-state index >= 15 is 0 Å². The van der Waals surface area contributed by atoms with Gasteiger partial charge in [0.2, 0.25) is 0 Å². The third-order valence-corrected chi connectivity index (χ3v) is 7.96. The van der Waals surface area contributed by atoms with Crippen LogP contribution in [0.25, 0.3) is 0 Å². The van der Waals surface area contributed by atoms with Gasteiger partial charge in [-0.15, -0.1) is 0 Å². The van der Waals surface area contributed by atoms with Gasteiger partial charge in [-0.1, -0.05) is 0 Å². The van der Waals surface area contributed by atoms with Crippen LogP contribution in [0.1, 0.15) is 0 Å². The Labute approximate surface area is 80.8 Å². The molecule has 0 aliphatic carbocycles. The standard InChI is InChI=1S/C4H16O4Si4/c1-11(5)3-4-12(2,6)8-10-7-9/h6H,3-4,10H2,1-2,9H3. The molecule has 0 aromatic carbocycles. The van der Waals surface area contributed by atoms with Crippen molar-refractivity contribution >= 4 is 37.7 Å². The first kappa shape index (κ1) is 12.5. The Bertz CT molecular complexity index is 150. The highest BCUT2D eigenvalue weighted by atomic mass is 28.4. The molecule has 0 aliphatic rings. The minimum atomic E-state index is -2.50. The van der Waals surface area contributed by atoms with Crippen LogP contribution in [0.4, 0.5) is 0 Å². The molecule has 0 saturated carbocycles. The summed E-state index contributed by atoms with van der Waals surface area (Å²) >= 11 is 0. The molecular weight excluding hydrogens is 224 g/mol. The van der Waals surface area contributed by atoms with E-state index in [1.54, 1.807) is 13.1 Å². The van der Waals surface area contributed by atoms with E-state index in [0.29, 0.717) is 22.6 Å². The molecule has 0 radical (unpaired) electrons. The highest BCUT2D eigenvalue weighted by Crippen LogP contribution is 2.10. The zero-order chi connectivity index (χ0) is 9.61. The Hall–Kier alpha value is 0.548. The summed E-state index contributed by atoms with van der Waals surface area (Å²) in [4.78, 5) is 9.66. The van der Waals surface area contributed by atoms with Crippen molar-refractivity contribution in [3.8, 4) is 0 Å². The molecule has 0 bridgehead atoms. The SMILES string of the molecule is C[Si](=O)CC[Si](C)(O)O[SiH2]O[SiH3]. The maximum Gasteiger partial charge on any atom is 0.323 e. The fourth-order valence-electron chi connectivity index (χ4n) is 0.666. The first-order valence-electron chi connectivity index (χ1n) is 3.82. The van der Waals surface area contributed by atoms with Crippen LogP contribution in [-0.2, 0) is 12.7 Å². The fourth-order valence-corrected chi connectivity index (χ4v) is 7.05. The lowest BCUT2D eigenvalue weighted by atomic mass is 10.9. The van der Waals surface area contributed by atoms with Gasteiger partial charge in [0.15, 0.2) is 0 Å². The quantitative estimate of drug-likeness (QED) is 0.569. The van der Waals surface area contributed by atoms with Crippen molar-refractivity contribution in [3.63, 3.8) is 0 Å². The molecule has 0 amide bonds. The lowest BCUT2D eigenvalue weighted by Crippen LogP contribution is -2.36. The first-order chi connectivity index (χ1) is 5.48. The van der Waals surface area contributed by atoms with Gasteiger partial charge in [0.05, 0.1) is 0 Å². The van der Waals surface area contributed by atoms with Crippen molar-refractivity contribution < 1.29 is 17.5 Å². The molecule has 1 atom stereocenters. The van der Waals surface area contributed by atoms with E-state index in [1.807, 2.05) is 0 Å². The molecule has 0 aliphatic heterocycles. The predicted molar refractivity (Wildman–Crippen MR) is 56.4 cm³/mol. The van der Waals surface area contributed by atoms with Gasteiger partial charge in [0, 0.05) is 0 Å². The fraction of sp³-hybridized carbons (Fsp3) is 1.00. The summed E-state index contributed by atoms with van der Waals surface area (Å²) in [5.41, 5.74) is 0. The molecule has 1 N–H and O–H groups in total. The molecule has 0 aromatic heterocycles. The molecule has 0 heterocycles. The Morgan fingerprint density at radius 3 is 2.75 bits per heavy atom. The van der Waals surface area contributed by atoms with Gasteiger partial charge < -0.3 is 17.5 Å². The normalized spacial score (nSPS) is 16.9. The maximum absolute atomic E-state index is 10.8. The van der Waals surface area contributed by atoms with Crippen LogP contribution in [0.3, 0.4) is 0 Å². The van der Waals surface area contributed by atoms with E-state index < -0.39 is 27.3 Å². The van der Waals surface area contributed by atoms with Crippen molar-refractivity contribution in [3.05, 3.63) is 0 Å². The lowest BCUT2D eigenvalue weighted by molar-refractivity contribution is 0.362. The van der Waals surface area contributed by atoms with Crippen LogP contribution in [0.5, 0.6) is 0 Å². The maximum atomic E-state index is 10.8. The van der Waals surface area contributed by atoms with E-state index in [0.717, 1.165) is 0 Å². The van der Waals surface area contributed by atoms with E-state index in [-0.39, 0.29) is 0 Å². The molecule has 8 heteroatoms. The predicted octanol–water partition coefficient (Wildman–Crippen LogP) is -1.59. The minimum Gasteiger partial charge on any atom is -0.449 e. The van der Waals surface area contributed by atoms with Crippen LogP contribution >= 0.6 is 0 Å². The molecule has 12 heavy (non-hydrogen) atoms. The first-order valence-corrected chi connectivity index (χ1v) is 10.5. The van der Waals surface area contributed by atoms with Gasteiger partial charge in [0.25, 0.3) is 18.7 Å². The van der Waals surface area contributed by atoms with Gasteiger partial charge in [-0.2, -0.15) is 0 Å². The highest BCUT2D eigenvalue weighted by molar-refractivity contribution is 6.69. The van der Waals surface area contributed by atoms with Crippen molar-refractivity contribution in [1.29, 1.82) is 0 Å². The van der Waals surface area contributed by atoms with Crippen LogP contribution in [0.15, 0.2) is 0 Å². The van der Waals surface area contributed by atoms with Crippen molar-refractivity contribution in [2.75, 3.05) is 0 Å². The Morgan fingerprint density at radius 2 is 2.33 bits per heavy atom. The minimum absolute atomic E-state index is 0.569. The summed E-state index contributed by atoms with van der Waals surface area (Å²) in [6.45, 7) is 3.43. The van der Waals surface area contributed by atoms with Gasteiger partial charge in [-0.25, -0.2) is 0 Å². The number of hydrogen-bond acceptors (Lipinski definition) is 4. The van der Waals surface area contributed by atoms with Crippen LogP contribution in [-0.4, -0.2) is 42.5 Å². The van der Waals surface area contributed by atoms with E-state index in [2.05, 4.69) is 0 Å². The van der Waals surface area contributed by atoms with Gasteiger partial charge in [-0.3, -0.25) is 0 Å². The third kappa shape index (κ3) is 7.21. The zero-order valence-corrected chi connectivity index (χ0v) is 13.2. The molecule has 0 saturated heterocycles. The van der Waals surface area contributed by atoms with Crippen LogP contribution < -0.4 is 0 Å². The van der Waals surface area contributed by atoms with E-state index in [9.17, 15) is 9.26 Å². The summed E-state index contributed by atoms with van der Waals surface area (Å²) in [7, 11) is -4.24.